The molecule has 0 radical (unpaired) electrons. The second-order valence-electron chi connectivity index (χ2n) is 4.46. The first-order valence-corrected chi connectivity index (χ1v) is 5.49. The van der Waals surface area contributed by atoms with Gasteiger partial charge in [-0.1, -0.05) is 42.0 Å². The van der Waals surface area contributed by atoms with E-state index in [1.807, 2.05) is 0 Å². The van der Waals surface area contributed by atoms with Crippen LogP contribution in [0, 0.1) is 6.92 Å². The van der Waals surface area contributed by atoms with Gasteiger partial charge in [-0.3, -0.25) is 0 Å². The van der Waals surface area contributed by atoms with Crippen molar-refractivity contribution in [2.45, 2.75) is 38.5 Å². The molecule has 14 heavy (non-hydrogen) atoms. The predicted octanol–water partition coefficient (Wildman–Crippen LogP) is 4.21. The summed E-state index contributed by atoms with van der Waals surface area (Å²) in [4.78, 5) is 0. The van der Waals surface area contributed by atoms with Gasteiger partial charge >= 0.3 is 0 Å². The maximum Gasteiger partial charge on any atom is -0.0125 e. The highest BCUT2D eigenvalue weighted by Crippen LogP contribution is 2.35. The van der Waals surface area contributed by atoms with Crippen LogP contribution in [0.15, 0.2) is 36.4 Å². The van der Waals surface area contributed by atoms with Gasteiger partial charge in [-0.15, -0.1) is 0 Å². The quantitative estimate of drug-likeness (QED) is 0.576. The fourth-order valence-corrected chi connectivity index (χ4v) is 2.36. The highest BCUT2D eigenvalue weighted by molar-refractivity contribution is 5.27. The summed E-state index contributed by atoms with van der Waals surface area (Å²) in [5.41, 5.74) is 4.31. The Bertz CT molecular complexity index is 336. The largest absolute Gasteiger partial charge is 0.0998 e. The van der Waals surface area contributed by atoms with Gasteiger partial charge in [0.2, 0.25) is 0 Å². The Balaban J connectivity index is 2.17. The van der Waals surface area contributed by atoms with E-state index >= 15 is 0 Å². The third kappa shape index (κ3) is 2.06. The van der Waals surface area contributed by atoms with E-state index in [2.05, 4.69) is 37.8 Å². The Labute approximate surface area is 86.7 Å². The molecule has 1 unspecified atom stereocenters. The minimum atomic E-state index is 0.733. The molecule has 0 heteroatoms. The van der Waals surface area contributed by atoms with Crippen LogP contribution < -0.4 is 0 Å². The van der Waals surface area contributed by atoms with Crippen LogP contribution in [0.1, 0.15) is 42.7 Å². The van der Waals surface area contributed by atoms with Gasteiger partial charge in [0, 0.05) is 0 Å². The fraction of sp³-hybridized carbons (Fsp3) is 0.429. The first-order chi connectivity index (χ1) is 6.75. The smallest absolute Gasteiger partial charge is 0.0125 e. The van der Waals surface area contributed by atoms with Crippen LogP contribution in [0.4, 0.5) is 0 Å². The first kappa shape index (κ1) is 9.51. The Morgan fingerprint density at radius 2 is 2.21 bits per heavy atom. The van der Waals surface area contributed by atoms with Crippen molar-refractivity contribution in [3.63, 3.8) is 0 Å². The molecule has 0 aliphatic heterocycles. The summed E-state index contributed by atoms with van der Waals surface area (Å²) in [6.45, 7) is 6.28. The third-order valence-electron chi connectivity index (χ3n) is 3.13. The van der Waals surface area contributed by atoms with E-state index in [1.54, 1.807) is 0 Å². The van der Waals surface area contributed by atoms with Gasteiger partial charge in [0.1, 0.15) is 0 Å². The number of allylic oxidation sites excluding steroid dienone is 1. The second kappa shape index (κ2) is 4.00. The van der Waals surface area contributed by atoms with Crippen molar-refractivity contribution in [2.75, 3.05) is 0 Å². The Morgan fingerprint density at radius 1 is 1.36 bits per heavy atom. The van der Waals surface area contributed by atoms with Gasteiger partial charge in [0.05, 0.1) is 0 Å². The Kier molecular flexibility index (Phi) is 2.72. The first-order valence-electron chi connectivity index (χ1n) is 5.49. The molecular formula is C14H18. The molecule has 2 rings (SSSR count). The highest BCUT2D eigenvalue weighted by atomic mass is 14.2. The summed E-state index contributed by atoms with van der Waals surface area (Å²) in [5, 5.41) is 0. The molecule has 0 heterocycles. The summed E-state index contributed by atoms with van der Waals surface area (Å²) in [6, 6.07) is 8.92. The normalized spacial score (nSPS) is 22.4. The standard InChI is InChI=1S/C14H18/c1-11-5-3-7-13(9-11)14-8-4-6-12(2)10-14/h4,6,8,10,13H,1,3,5,7,9H2,2H3. The van der Waals surface area contributed by atoms with Gasteiger partial charge in [-0.05, 0) is 44.1 Å². The summed E-state index contributed by atoms with van der Waals surface area (Å²) in [5.74, 6) is 0.733. The summed E-state index contributed by atoms with van der Waals surface area (Å²) in [6.07, 6.45) is 5.09. The van der Waals surface area contributed by atoms with E-state index in [0.717, 1.165) is 5.92 Å². The Hall–Kier alpha value is -1.04. The third-order valence-corrected chi connectivity index (χ3v) is 3.13. The van der Waals surface area contributed by atoms with Crippen LogP contribution in [0.2, 0.25) is 0 Å². The fourth-order valence-electron chi connectivity index (χ4n) is 2.36. The molecule has 1 aliphatic carbocycles. The average molecular weight is 186 g/mol. The van der Waals surface area contributed by atoms with Crippen molar-refractivity contribution in [1.82, 2.24) is 0 Å². The molecule has 0 aromatic heterocycles. The van der Waals surface area contributed by atoms with E-state index in [9.17, 15) is 0 Å². The number of hydrogen-bond acceptors (Lipinski definition) is 0. The molecule has 1 aromatic carbocycles. The number of rotatable bonds is 1. The van der Waals surface area contributed by atoms with Gasteiger partial charge in [-0.2, -0.15) is 0 Å². The summed E-state index contributed by atoms with van der Waals surface area (Å²) >= 11 is 0. The molecular weight excluding hydrogens is 168 g/mol. The van der Waals surface area contributed by atoms with Crippen LogP contribution >= 0.6 is 0 Å². The van der Waals surface area contributed by atoms with Crippen LogP contribution in [-0.4, -0.2) is 0 Å². The van der Waals surface area contributed by atoms with Gasteiger partial charge < -0.3 is 0 Å². The molecule has 0 bridgehead atoms. The van der Waals surface area contributed by atoms with E-state index in [-0.39, 0.29) is 0 Å². The van der Waals surface area contributed by atoms with Crippen molar-refractivity contribution in [1.29, 1.82) is 0 Å². The molecule has 0 N–H and O–H groups in total. The monoisotopic (exact) mass is 186 g/mol. The zero-order chi connectivity index (χ0) is 9.97. The van der Waals surface area contributed by atoms with Gasteiger partial charge in [0.15, 0.2) is 0 Å². The molecule has 0 nitrogen and oxygen atoms in total. The van der Waals surface area contributed by atoms with Crippen molar-refractivity contribution in [2.24, 2.45) is 0 Å². The summed E-state index contributed by atoms with van der Waals surface area (Å²) in [7, 11) is 0. The van der Waals surface area contributed by atoms with Crippen LogP contribution in [0.5, 0.6) is 0 Å². The van der Waals surface area contributed by atoms with Crippen LogP contribution in [0.3, 0.4) is 0 Å². The predicted molar refractivity (Wildman–Crippen MR) is 61.5 cm³/mol. The molecule has 0 spiro atoms. The van der Waals surface area contributed by atoms with E-state index in [4.69, 9.17) is 0 Å². The topological polar surface area (TPSA) is 0 Å². The lowest BCUT2D eigenvalue weighted by atomic mass is 9.81. The molecule has 1 fully saturated rings. The zero-order valence-corrected chi connectivity index (χ0v) is 8.92. The molecule has 0 amide bonds. The van der Waals surface area contributed by atoms with E-state index < -0.39 is 0 Å². The minimum Gasteiger partial charge on any atom is -0.0998 e. The molecule has 1 atom stereocenters. The lowest BCUT2D eigenvalue weighted by Crippen LogP contribution is -2.06. The van der Waals surface area contributed by atoms with Crippen molar-refractivity contribution in [3.05, 3.63) is 47.5 Å². The number of hydrogen-bond donors (Lipinski definition) is 0. The van der Waals surface area contributed by atoms with Crippen molar-refractivity contribution >= 4 is 0 Å². The van der Waals surface area contributed by atoms with Gasteiger partial charge in [-0.25, -0.2) is 0 Å². The van der Waals surface area contributed by atoms with Crippen molar-refractivity contribution in [3.8, 4) is 0 Å². The lowest BCUT2D eigenvalue weighted by molar-refractivity contribution is 0.524. The summed E-state index contributed by atoms with van der Waals surface area (Å²) < 4.78 is 0. The zero-order valence-electron chi connectivity index (χ0n) is 8.92. The second-order valence-corrected chi connectivity index (χ2v) is 4.46. The molecule has 1 aromatic rings. The van der Waals surface area contributed by atoms with Gasteiger partial charge in [0.25, 0.3) is 0 Å². The Morgan fingerprint density at radius 3 is 2.93 bits per heavy atom. The molecule has 1 aliphatic rings. The van der Waals surface area contributed by atoms with Crippen molar-refractivity contribution < 1.29 is 0 Å². The van der Waals surface area contributed by atoms with Crippen LogP contribution in [-0.2, 0) is 0 Å². The maximum atomic E-state index is 4.11. The lowest BCUT2D eigenvalue weighted by Gasteiger charge is -2.24. The SMILES string of the molecule is C=C1CCCC(c2cccc(C)c2)C1. The highest BCUT2D eigenvalue weighted by Gasteiger charge is 2.17. The minimum absolute atomic E-state index is 0.733. The molecule has 74 valence electrons. The van der Waals surface area contributed by atoms with Crippen LogP contribution in [0.25, 0.3) is 0 Å². The molecule has 1 saturated carbocycles. The number of aryl methyl sites for hydroxylation is 1. The average Bonchev–Trinajstić information content (AvgIpc) is 2.18. The van der Waals surface area contributed by atoms with E-state index in [1.165, 1.54) is 42.4 Å². The van der Waals surface area contributed by atoms with E-state index in [0.29, 0.717) is 0 Å². The number of benzene rings is 1. The maximum absolute atomic E-state index is 4.11. The molecule has 0 saturated heterocycles.